The van der Waals surface area contributed by atoms with E-state index in [1.165, 1.54) is 16.2 Å². The van der Waals surface area contributed by atoms with Gasteiger partial charge >= 0.3 is 0 Å². The number of nitrogens with two attached hydrogens (primary N) is 1. The van der Waals surface area contributed by atoms with Crippen molar-refractivity contribution < 1.29 is 14.3 Å². The topological polar surface area (TPSA) is 72.6 Å². The summed E-state index contributed by atoms with van der Waals surface area (Å²) in [5.41, 5.74) is 5.51. The molecule has 0 unspecified atom stereocenters. The van der Waals surface area contributed by atoms with Crippen molar-refractivity contribution in [2.45, 2.75) is 6.54 Å². The van der Waals surface area contributed by atoms with Crippen LogP contribution in [0.3, 0.4) is 0 Å². The third-order valence-corrected chi connectivity index (χ3v) is 4.17. The molecular weight excluding hydrogens is 324 g/mol. The van der Waals surface area contributed by atoms with Crippen molar-refractivity contribution in [1.29, 1.82) is 0 Å². The van der Waals surface area contributed by atoms with Gasteiger partial charge in [-0.1, -0.05) is 23.7 Å². The van der Waals surface area contributed by atoms with Gasteiger partial charge in [0.1, 0.15) is 5.75 Å². The Labute approximate surface area is 137 Å². The molecule has 0 saturated heterocycles. The van der Waals surface area contributed by atoms with Crippen LogP contribution in [-0.4, -0.2) is 30.4 Å². The Hall–Kier alpha value is -2.05. The first kappa shape index (κ1) is 16.3. The van der Waals surface area contributed by atoms with E-state index < -0.39 is 5.91 Å². The zero-order valence-corrected chi connectivity index (χ0v) is 13.5. The zero-order valence-electron chi connectivity index (χ0n) is 11.9. The summed E-state index contributed by atoms with van der Waals surface area (Å²) in [4.78, 5) is 25.9. The minimum absolute atomic E-state index is 0.167. The third kappa shape index (κ3) is 4.22. The van der Waals surface area contributed by atoms with Gasteiger partial charge in [-0.2, -0.15) is 0 Å². The summed E-state index contributed by atoms with van der Waals surface area (Å²) in [6.07, 6.45) is 0. The van der Waals surface area contributed by atoms with Crippen LogP contribution in [0.15, 0.2) is 36.4 Å². The van der Waals surface area contributed by atoms with E-state index in [0.29, 0.717) is 16.6 Å². The van der Waals surface area contributed by atoms with Crippen molar-refractivity contribution in [3.05, 3.63) is 51.2 Å². The van der Waals surface area contributed by atoms with Crippen molar-refractivity contribution in [2.75, 3.05) is 13.7 Å². The van der Waals surface area contributed by atoms with Gasteiger partial charge in [-0.3, -0.25) is 9.59 Å². The molecule has 0 aliphatic heterocycles. The summed E-state index contributed by atoms with van der Waals surface area (Å²) in [6, 6.07) is 10.2. The Morgan fingerprint density at radius 2 is 2.00 bits per heavy atom. The molecule has 0 radical (unpaired) electrons. The number of benzene rings is 1. The molecule has 2 rings (SSSR count). The molecule has 0 aliphatic carbocycles. The number of hydrogen-bond acceptors (Lipinski definition) is 4. The van der Waals surface area contributed by atoms with Crippen LogP contribution in [0, 0.1) is 0 Å². The Balaban J connectivity index is 1.93. The summed E-state index contributed by atoms with van der Waals surface area (Å²) in [5, 5.41) is 0. The number of carbonyl (C=O) groups excluding carboxylic acids is 2. The third-order valence-electron chi connectivity index (χ3n) is 2.95. The van der Waals surface area contributed by atoms with E-state index in [9.17, 15) is 9.59 Å². The molecule has 1 heterocycles. The summed E-state index contributed by atoms with van der Waals surface area (Å²) in [5.74, 6) is -0.496. The lowest BCUT2D eigenvalue weighted by Crippen LogP contribution is -2.31. The Kier molecular flexibility index (Phi) is 5.41. The summed E-state index contributed by atoms with van der Waals surface area (Å²) in [7, 11) is 1.68. The number of thiophene rings is 1. The molecule has 1 aromatic carbocycles. The van der Waals surface area contributed by atoms with E-state index in [-0.39, 0.29) is 18.1 Å². The second kappa shape index (κ2) is 7.29. The van der Waals surface area contributed by atoms with Crippen LogP contribution in [-0.2, 0) is 11.3 Å². The van der Waals surface area contributed by atoms with E-state index in [4.69, 9.17) is 22.1 Å². The van der Waals surface area contributed by atoms with Crippen molar-refractivity contribution in [3.8, 4) is 5.75 Å². The lowest BCUT2D eigenvalue weighted by atomic mass is 10.2. The van der Waals surface area contributed by atoms with E-state index in [2.05, 4.69) is 0 Å². The molecule has 22 heavy (non-hydrogen) atoms. The van der Waals surface area contributed by atoms with Gasteiger partial charge in [0.2, 0.25) is 0 Å². The highest BCUT2D eigenvalue weighted by Crippen LogP contribution is 2.22. The van der Waals surface area contributed by atoms with Crippen molar-refractivity contribution in [2.24, 2.45) is 5.73 Å². The highest BCUT2D eigenvalue weighted by atomic mass is 35.5. The van der Waals surface area contributed by atoms with E-state index >= 15 is 0 Å². The maximum absolute atomic E-state index is 12.1. The van der Waals surface area contributed by atoms with E-state index in [1.807, 2.05) is 6.07 Å². The van der Waals surface area contributed by atoms with Crippen molar-refractivity contribution in [1.82, 2.24) is 4.90 Å². The molecule has 2 amide bonds. The predicted molar refractivity (Wildman–Crippen MR) is 86.3 cm³/mol. The highest BCUT2D eigenvalue weighted by molar-refractivity contribution is 7.16. The molecular formula is C15H15ClN2O3S. The number of likely N-dealkylation sites (N-methyl/N-ethyl adjacent to an activating group) is 1. The molecule has 0 aliphatic rings. The fourth-order valence-corrected chi connectivity index (χ4v) is 2.95. The Bertz CT molecular complexity index is 687. The summed E-state index contributed by atoms with van der Waals surface area (Å²) in [6.45, 7) is 0.289. The first-order chi connectivity index (χ1) is 10.5. The molecule has 0 spiro atoms. The Morgan fingerprint density at radius 1 is 1.27 bits per heavy atom. The fraction of sp³-hybridized carbons (Fsp3) is 0.200. The summed E-state index contributed by atoms with van der Waals surface area (Å²) < 4.78 is 6.09. The minimum atomic E-state index is -0.593. The molecule has 1 aromatic heterocycles. The number of hydrogen-bond donors (Lipinski definition) is 1. The molecule has 2 aromatic rings. The van der Waals surface area contributed by atoms with Crippen molar-refractivity contribution in [3.63, 3.8) is 0 Å². The van der Waals surface area contributed by atoms with Crippen LogP contribution in [0.25, 0.3) is 0 Å². The summed E-state index contributed by atoms with van der Waals surface area (Å²) >= 11 is 7.28. The Morgan fingerprint density at radius 3 is 2.64 bits per heavy atom. The van der Waals surface area contributed by atoms with Gasteiger partial charge in [0.25, 0.3) is 11.8 Å². The molecule has 0 atom stereocenters. The van der Waals surface area contributed by atoms with Gasteiger partial charge in [0, 0.05) is 11.9 Å². The van der Waals surface area contributed by atoms with Gasteiger partial charge in [0.15, 0.2) is 6.61 Å². The smallest absolute Gasteiger partial charge is 0.260 e. The van der Waals surface area contributed by atoms with Crippen LogP contribution < -0.4 is 10.5 Å². The monoisotopic (exact) mass is 338 g/mol. The standard InChI is InChI=1S/C15H15ClN2O3S/c1-18(8-10-6-7-13(16)22-10)14(19)9-21-12-5-3-2-4-11(12)15(17)20/h2-7H,8-9H2,1H3,(H2,17,20). The number of nitrogens with zero attached hydrogens (tertiary/aromatic N) is 1. The highest BCUT2D eigenvalue weighted by Gasteiger charge is 2.14. The van der Waals surface area contributed by atoms with Crippen LogP contribution in [0.1, 0.15) is 15.2 Å². The second-order valence-electron chi connectivity index (χ2n) is 4.60. The van der Waals surface area contributed by atoms with E-state index in [1.54, 1.807) is 37.4 Å². The first-order valence-corrected chi connectivity index (χ1v) is 7.66. The number of ether oxygens (including phenoxy) is 1. The van der Waals surface area contributed by atoms with Crippen LogP contribution in [0.4, 0.5) is 0 Å². The second-order valence-corrected chi connectivity index (χ2v) is 6.40. The average molecular weight is 339 g/mol. The normalized spacial score (nSPS) is 10.3. The van der Waals surface area contributed by atoms with Crippen molar-refractivity contribution >= 4 is 34.8 Å². The molecule has 7 heteroatoms. The number of carbonyl (C=O) groups is 2. The average Bonchev–Trinajstić information content (AvgIpc) is 2.90. The molecule has 116 valence electrons. The van der Waals surface area contributed by atoms with Crippen LogP contribution in [0.5, 0.6) is 5.75 Å². The quantitative estimate of drug-likeness (QED) is 0.879. The lowest BCUT2D eigenvalue weighted by molar-refractivity contribution is -0.132. The van der Waals surface area contributed by atoms with Gasteiger partial charge in [-0.15, -0.1) is 11.3 Å². The maximum atomic E-state index is 12.1. The number of para-hydroxylation sites is 1. The fourth-order valence-electron chi connectivity index (χ4n) is 1.80. The van der Waals surface area contributed by atoms with Crippen LogP contribution >= 0.6 is 22.9 Å². The molecule has 5 nitrogen and oxygen atoms in total. The molecule has 0 bridgehead atoms. The van der Waals surface area contributed by atoms with E-state index in [0.717, 1.165) is 4.88 Å². The zero-order chi connectivity index (χ0) is 16.1. The van der Waals surface area contributed by atoms with Crippen LogP contribution in [0.2, 0.25) is 4.34 Å². The van der Waals surface area contributed by atoms with Gasteiger partial charge in [-0.25, -0.2) is 0 Å². The lowest BCUT2D eigenvalue weighted by Gasteiger charge is -2.17. The number of halogens is 1. The number of primary amides is 1. The first-order valence-electron chi connectivity index (χ1n) is 6.47. The van der Waals surface area contributed by atoms with Gasteiger partial charge in [-0.05, 0) is 24.3 Å². The maximum Gasteiger partial charge on any atom is 0.260 e. The largest absolute Gasteiger partial charge is 0.483 e. The molecule has 0 fully saturated rings. The minimum Gasteiger partial charge on any atom is -0.483 e. The molecule has 2 N–H and O–H groups in total. The predicted octanol–water partition coefficient (Wildman–Crippen LogP) is 2.54. The number of rotatable bonds is 6. The number of amides is 2. The molecule has 0 saturated carbocycles. The van der Waals surface area contributed by atoms with Gasteiger partial charge in [0.05, 0.1) is 16.4 Å². The SMILES string of the molecule is CN(Cc1ccc(Cl)s1)C(=O)COc1ccccc1C(N)=O. The van der Waals surface area contributed by atoms with Gasteiger partial charge < -0.3 is 15.4 Å².